The Morgan fingerprint density at radius 3 is 2.39 bits per heavy atom. The molecule has 31 heavy (non-hydrogen) atoms. The second kappa shape index (κ2) is 8.62. The number of amides is 2. The van der Waals surface area contributed by atoms with Gasteiger partial charge in [-0.1, -0.05) is 59.6 Å². The van der Waals surface area contributed by atoms with Crippen LogP contribution in [0.3, 0.4) is 0 Å². The first kappa shape index (κ1) is 21.8. The number of carbonyl (C=O) groups is 2. The van der Waals surface area contributed by atoms with Gasteiger partial charge in [0.1, 0.15) is 6.04 Å². The van der Waals surface area contributed by atoms with Gasteiger partial charge in [-0.05, 0) is 29.2 Å². The Hall–Kier alpha value is -2.40. The summed E-state index contributed by atoms with van der Waals surface area (Å²) in [6.45, 7) is 0. The molecule has 2 heterocycles. The number of nitrogens with one attached hydrogen (secondary N) is 2. The number of hydrogen-bond acceptors (Lipinski definition) is 7. The smallest absolute Gasteiger partial charge is 0.423 e. The van der Waals surface area contributed by atoms with Crippen molar-refractivity contribution in [3.63, 3.8) is 0 Å². The molecule has 0 aromatic heterocycles. The number of halogens is 2. The third kappa shape index (κ3) is 4.20. The van der Waals surface area contributed by atoms with Gasteiger partial charge in [0.2, 0.25) is 11.8 Å². The van der Waals surface area contributed by atoms with Crippen molar-refractivity contribution in [3.05, 3.63) is 70.2 Å². The third-order valence-electron chi connectivity index (χ3n) is 5.37. The molecule has 1 saturated heterocycles. The highest BCUT2D eigenvalue weighted by Gasteiger charge is 2.49. The number of aliphatic hydroxyl groups is 1. The topological polar surface area (TPSA) is 122 Å². The van der Waals surface area contributed by atoms with Crippen LogP contribution in [-0.2, 0) is 9.59 Å². The van der Waals surface area contributed by atoms with Crippen LogP contribution >= 0.6 is 23.2 Å². The van der Waals surface area contributed by atoms with E-state index >= 15 is 0 Å². The highest BCUT2D eigenvalue weighted by atomic mass is 35.5. The van der Waals surface area contributed by atoms with Crippen molar-refractivity contribution in [1.29, 1.82) is 0 Å². The summed E-state index contributed by atoms with van der Waals surface area (Å²) >= 11 is 12.2. The number of fused-ring (bicyclic) bond motifs is 1. The van der Waals surface area contributed by atoms with Gasteiger partial charge in [-0.2, -0.15) is 0 Å². The molecule has 4 rings (SSSR count). The molecule has 4 atom stereocenters. The molecular weight excluding hydrogens is 444 g/mol. The molecule has 11 heteroatoms. The number of imide groups is 1. The second-order valence-electron chi connectivity index (χ2n) is 7.33. The van der Waals surface area contributed by atoms with E-state index in [0.717, 1.165) is 0 Å². The number of nitrogens with zero attached hydrogens (tertiary/aromatic N) is 1. The molecule has 0 radical (unpaired) electrons. The largest absolute Gasteiger partial charge is 0.488 e. The van der Waals surface area contributed by atoms with Crippen LogP contribution in [0.25, 0.3) is 0 Å². The van der Waals surface area contributed by atoms with E-state index in [9.17, 15) is 24.7 Å². The lowest BCUT2D eigenvalue weighted by molar-refractivity contribution is -0.126. The van der Waals surface area contributed by atoms with Crippen molar-refractivity contribution < 1.29 is 24.7 Å². The number of hydrazine groups is 1. The second-order valence-corrected chi connectivity index (χ2v) is 8.17. The molecule has 2 amide bonds. The van der Waals surface area contributed by atoms with Crippen molar-refractivity contribution in [2.45, 2.75) is 18.2 Å². The first-order valence-electron chi connectivity index (χ1n) is 9.43. The highest BCUT2D eigenvalue weighted by molar-refractivity contribution is 6.58. The van der Waals surface area contributed by atoms with Crippen molar-refractivity contribution in [3.8, 4) is 0 Å². The predicted octanol–water partition coefficient (Wildman–Crippen LogP) is 0.615. The van der Waals surface area contributed by atoms with Crippen LogP contribution in [0.15, 0.2) is 54.6 Å². The molecule has 2 aliphatic heterocycles. The van der Waals surface area contributed by atoms with E-state index in [4.69, 9.17) is 23.2 Å². The first-order valence-corrected chi connectivity index (χ1v) is 10.2. The minimum absolute atomic E-state index is 0.277. The van der Waals surface area contributed by atoms with Gasteiger partial charge in [0.25, 0.3) is 0 Å². The van der Waals surface area contributed by atoms with E-state index in [-0.39, 0.29) is 5.46 Å². The van der Waals surface area contributed by atoms with Gasteiger partial charge in [0.05, 0.1) is 28.8 Å². The molecule has 4 unspecified atom stereocenters. The molecule has 0 spiro atoms. The van der Waals surface area contributed by atoms with Gasteiger partial charge >= 0.3 is 7.12 Å². The van der Waals surface area contributed by atoms with Crippen LogP contribution in [0.2, 0.25) is 10.0 Å². The molecule has 0 aliphatic carbocycles. The minimum Gasteiger partial charge on any atom is -0.423 e. The average molecular weight is 462 g/mol. The maximum absolute atomic E-state index is 12.5. The Balaban J connectivity index is 1.70. The molecule has 1 fully saturated rings. The van der Waals surface area contributed by atoms with Crippen molar-refractivity contribution in [1.82, 2.24) is 10.3 Å². The zero-order valence-corrected chi connectivity index (χ0v) is 17.5. The van der Waals surface area contributed by atoms with Crippen LogP contribution in [0.5, 0.6) is 0 Å². The Kier molecular flexibility index (Phi) is 6.07. The first-order chi connectivity index (χ1) is 14.8. The summed E-state index contributed by atoms with van der Waals surface area (Å²) in [5.74, 6) is -1.64. The minimum atomic E-state index is -1.63. The fraction of sp³-hybridized carbons (Fsp3) is 0.200. The number of aliphatic hydroxyl groups excluding tert-OH is 1. The lowest BCUT2D eigenvalue weighted by Crippen LogP contribution is -2.55. The monoisotopic (exact) mass is 461 g/mol. The van der Waals surface area contributed by atoms with Crippen LogP contribution < -0.4 is 16.2 Å². The fourth-order valence-electron chi connectivity index (χ4n) is 3.77. The van der Waals surface area contributed by atoms with Gasteiger partial charge in [0, 0.05) is 5.02 Å². The number of hydrogen-bond donors (Lipinski definition) is 5. The summed E-state index contributed by atoms with van der Waals surface area (Å²) in [7, 11) is -1.63. The molecule has 2 aromatic carbocycles. The summed E-state index contributed by atoms with van der Waals surface area (Å²) in [5.41, 5.74) is 4.27. The Labute approximate surface area is 188 Å². The predicted molar refractivity (Wildman–Crippen MR) is 117 cm³/mol. The number of anilines is 1. The van der Waals surface area contributed by atoms with Crippen LogP contribution in [0.4, 0.5) is 5.69 Å². The maximum Gasteiger partial charge on any atom is 0.488 e. The van der Waals surface area contributed by atoms with Gasteiger partial charge in [-0.3, -0.25) is 14.9 Å². The van der Waals surface area contributed by atoms with Crippen molar-refractivity contribution in [2.24, 2.45) is 5.92 Å². The third-order valence-corrected chi connectivity index (χ3v) is 5.92. The number of rotatable bonds is 5. The van der Waals surface area contributed by atoms with Gasteiger partial charge in [-0.25, -0.2) is 5.01 Å². The van der Waals surface area contributed by atoms with E-state index in [1.54, 1.807) is 36.4 Å². The van der Waals surface area contributed by atoms with E-state index < -0.39 is 43.0 Å². The molecule has 0 saturated carbocycles. The van der Waals surface area contributed by atoms with Crippen LogP contribution in [0, 0.1) is 5.92 Å². The SMILES string of the molecule is O=C1NC(=O)C2C1C=CC(C(O)c1ccc(B(O)O)cc1)N2Nc1ccc(Cl)cc1Cl. The van der Waals surface area contributed by atoms with Crippen LogP contribution in [-0.4, -0.2) is 51.2 Å². The Morgan fingerprint density at radius 2 is 1.74 bits per heavy atom. The molecule has 8 nitrogen and oxygen atoms in total. The lowest BCUT2D eigenvalue weighted by Gasteiger charge is -2.40. The summed E-state index contributed by atoms with van der Waals surface area (Å²) in [5, 5.41) is 34.2. The summed E-state index contributed by atoms with van der Waals surface area (Å²) in [4.78, 5) is 24.7. The average Bonchev–Trinajstić information content (AvgIpc) is 3.03. The van der Waals surface area contributed by atoms with E-state index in [2.05, 4.69) is 10.7 Å². The van der Waals surface area contributed by atoms with E-state index in [0.29, 0.717) is 21.3 Å². The summed E-state index contributed by atoms with van der Waals surface area (Å²) < 4.78 is 0. The van der Waals surface area contributed by atoms with Crippen molar-refractivity contribution in [2.75, 3.05) is 5.43 Å². The van der Waals surface area contributed by atoms with Gasteiger partial charge < -0.3 is 20.6 Å². The zero-order chi connectivity index (χ0) is 22.3. The molecular formula is C20H18BCl2N3O5. The van der Waals surface area contributed by atoms with E-state index in [1.807, 2.05) is 0 Å². The van der Waals surface area contributed by atoms with Gasteiger partial charge in [-0.15, -0.1) is 0 Å². The molecule has 5 N–H and O–H groups in total. The molecule has 0 bridgehead atoms. The maximum atomic E-state index is 12.5. The van der Waals surface area contributed by atoms with E-state index in [1.165, 1.54) is 23.2 Å². The highest BCUT2D eigenvalue weighted by Crippen LogP contribution is 2.35. The molecule has 2 aromatic rings. The summed E-state index contributed by atoms with van der Waals surface area (Å²) in [6, 6.07) is 9.24. The standard InChI is InChI=1S/C20H18BCl2N3O5/c22-12-5-7-15(14(23)9-12)25-26-16(8-6-13-17(26)20(29)24-19(13)28)18(27)10-1-3-11(4-2-10)21(30)31/h1-9,13,16-18,25,27,30-31H,(H,24,28,29). The molecule has 2 aliphatic rings. The normalized spacial score (nSPS) is 24.0. The van der Waals surface area contributed by atoms with Crippen molar-refractivity contribution >= 4 is 53.3 Å². The Bertz CT molecular complexity index is 1050. The summed E-state index contributed by atoms with van der Waals surface area (Å²) in [6.07, 6.45) is 2.14. The van der Waals surface area contributed by atoms with Gasteiger partial charge in [0.15, 0.2) is 0 Å². The number of benzene rings is 2. The lowest BCUT2D eigenvalue weighted by atomic mass is 9.79. The quantitative estimate of drug-likeness (QED) is 0.251. The zero-order valence-electron chi connectivity index (χ0n) is 15.9. The number of carbonyl (C=O) groups excluding carboxylic acids is 2. The Morgan fingerprint density at radius 1 is 1.03 bits per heavy atom. The van der Waals surface area contributed by atoms with Crippen LogP contribution in [0.1, 0.15) is 11.7 Å². The fourth-order valence-corrected chi connectivity index (χ4v) is 4.22. The molecule has 160 valence electrons.